The van der Waals surface area contributed by atoms with Crippen LogP contribution in [0, 0.1) is 6.92 Å². The number of furan rings is 1. The van der Waals surface area contributed by atoms with E-state index in [1.54, 1.807) is 0 Å². The summed E-state index contributed by atoms with van der Waals surface area (Å²) in [7, 11) is 0. The molecule has 2 nitrogen and oxygen atoms in total. The zero-order chi connectivity index (χ0) is 12.4. The van der Waals surface area contributed by atoms with E-state index < -0.39 is 0 Å². The van der Waals surface area contributed by atoms with E-state index in [4.69, 9.17) is 4.42 Å². The standard InChI is InChI=1S/C15H21NO/c1-5-12-7-8-14-13(9-12)10(3)15(17-14)11(4)16-6-2/h7-9,11,16H,5-6H2,1-4H3. The zero-order valence-electron chi connectivity index (χ0n) is 11.1. The average Bonchev–Trinajstić information content (AvgIpc) is 2.67. The molecule has 2 heteroatoms. The van der Waals surface area contributed by atoms with Gasteiger partial charge < -0.3 is 9.73 Å². The van der Waals surface area contributed by atoms with Gasteiger partial charge in [0, 0.05) is 5.39 Å². The van der Waals surface area contributed by atoms with Gasteiger partial charge in [-0.3, -0.25) is 0 Å². The van der Waals surface area contributed by atoms with Crippen LogP contribution in [0.25, 0.3) is 11.0 Å². The van der Waals surface area contributed by atoms with Gasteiger partial charge in [-0.2, -0.15) is 0 Å². The highest BCUT2D eigenvalue weighted by molar-refractivity contribution is 5.82. The predicted molar refractivity (Wildman–Crippen MR) is 72.4 cm³/mol. The number of hydrogen-bond donors (Lipinski definition) is 1. The van der Waals surface area contributed by atoms with E-state index in [0.717, 1.165) is 24.3 Å². The highest BCUT2D eigenvalue weighted by Crippen LogP contribution is 2.30. The molecule has 2 aromatic rings. The molecule has 1 unspecified atom stereocenters. The highest BCUT2D eigenvalue weighted by atomic mass is 16.3. The Morgan fingerprint density at radius 3 is 2.71 bits per heavy atom. The molecule has 0 saturated heterocycles. The topological polar surface area (TPSA) is 25.2 Å². The summed E-state index contributed by atoms with van der Waals surface area (Å²) in [6, 6.07) is 6.75. The summed E-state index contributed by atoms with van der Waals surface area (Å²) >= 11 is 0. The molecule has 0 aliphatic carbocycles. The number of aryl methyl sites for hydroxylation is 2. The molecule has 1 N–H and O–H groups in total. The van der Waals surface area contributed by atoms with Crippen LogP contribution in [0.3, 0.4) is 0 Å². The molecule has 2 rings (SSSR count). The molecule has 92 valence electrons. The number of hydrogen-bond acceptors (Lipinski definition) is 2. The van der Waals surface area contributed by atoms with E-state index in [-0.39, 0.29) is 6.04 Å². The Morgan fingerprint density at radius 2 is 2.06 bits per heavy atom. The van der Waals surface area contributed by atoms with Crippen molar-refractivity contribution in [2.24, 2.45) is 0 Å². The lowest BCUT2D eigenvalue weighted by molar-refractivity contribution is 0.456. The first-order valence-corrected chi connectivity index (χ1v) is 6.42. The molecule has 0 bridgehead atoms. The van der Waals surface area contributed by atoms with Crippen LogP contribution < -0.4 is 5.32 Å². The van der Waals surface area contributed by atoms with Crippen molar-refractivity contribution in [2.75, 3.05) is 6.54 Å². The van der Waals surface area contributed by atoms with Crippen molar-refractivity contribution in [2.45, 2.75) is 40.2 Å². The van der Waals surface area contributed by atoms with Crippen molar-refractivity contribution in [3.8, 4) is 0 Å². The van der Waals surface area contributed by atoms with E-state index in [1.807, 2.05) is 0 Å². The number of benzene rings is 1. The fourth-order valence-corrected chi connectivity index (χ4v) is 2.32. The fourth-order valence-electron chi connectivity index (χ4n) is 2.32. The Bertz CT molecular complexity index is 513. The second kappa shape index (κ2) is 4.92. The monoisotopic (exact) mass is 231 g/mol. The molecule has 17 heavy (non-hydrogen) atoms. The van der Waals surface area contributed by atoms with E-state index in [0.29, 0.717) is 0 Å². The summed E-state index contributed by atoms with van der Waals surface area (Å²) in [6.45, 7) is 9.55. The largest absolute Gasteiger partial charge is 0.459 e. The lowest BCUT2D eigenvalue weighted by Crippen LogP contribution is -2.17. The van der Waals surface area contributed by atoms with Gasteiger partial charge in [-0.15, -0.1) is 0 Å². The van der Waals surface area contributed by atoms with Crippen LogP contribution in [0.15, 0.2) is 22.6 Å². The van der Waals surface area contributed by atoms with Crippen LogP contribution in [-0.2, 0) is 6.42 Å². The first kappa shape index (κ1) is 12.2. The molecular formula is C15H21NO. The van der Waals surface area contributed by atoms with Crippen molar-refractivity contribution >= 4 is 11.0 Å². The van der Waals surface area contributed by atoms with Crippen molar-refractivity contribution in [3.63, 3.8) is 0 Å². The second-order valence-corrected chi connectivity index (χ2v) is 4.55. The van der Waals surface area contributed by atoms with Gasteiger partial charge in [0.25, 0.3) is 0 Å². The quantitative estimate of drug-likeness (QED) is 0.861. The summed E-state index contributed by atoms with van der Waals surface area (Å²) in [6.07, 6.45) is 1.07. The lowest BCUT2D eigenvalue weighted by Gasteiger charge is -2.09. The molecule has 0 spiro atoms. The smallest absolute Gasteiger partial charge is 0.134 e. The van der Waals surface area contributed by atoms with Crippen molar-refractivity contribution < 1.29 is 4.42 Å². The minimum absolute atomic E-state index is 0.275. The predicted octanol–water partition coefficient (Wildman–Crippen LogP) is 3.97. The minimum Gasteiger partial charge on any atom is -0.459 e. The summed E-state index contributed by atoms with van der Waals surface area (Å²) in [5.41, 5.74) is 3.63. The molecule has 1 aromatic heterocycles. The summed E-state index contributed by atoms with van der Waals surface area (Å²) in [4.78, 5) is 0. The highest BCUT2D eigenvalue weighted by Gasteiger charge is 2.15. The molecule has 0 amide bonds. The number of nitrogens with one attached hydrogen (secondary N) is 1. The maximum atomic E-state index is 5.95. The van der Waals surface area contributed by atoms with Crippen LogP contribution in [0.2, 0.25) is 0 Å². The Morgan fingerprint density at radius 1 is 1.29 bits per heavy atom. The van der Waals surface area contributed by atoms with Crippen LogP contribution in [0.5, 0.6) is 0 Å². The molecule has 1 aromatic carbocycles. The van der Waals surface area contributed by atoms with Crippen molar-refractivity contribution in [1.82, 2.24) is 5.32 Å². The van der Waals surface area contributed by atoms with Crippen molar-refractivity contribution in [3.05, 3.63) is 35.1 Å². The van der Waals surface area contributed by atoms with E-state index >= 15 is 0 Å². The van der Waals surface area contributed by atoms with Gasteiger partial charge >= 0.3 is 0 Å². The normalized spacial score (nSPS) is 13.2. The van der Waals surface area contributed by atoms with Crippen LogP contribution >= 0.6 is 0 Å². The zero-order valence-corrected chi connectivity index (χ0v) is 11.1. The summed E-state index contributed by atoms with van der Waals surface area (Å²) < 4.78 is 5.95. The fraction of sp³-hybridized carbons (Fsp3) is 0.467. The summed E-state index contributed by atoms with van der Waals surface area (Å²) in [5.74, 6) is 1.06. The molecular weight excluding hydrogens is 210 g/mol. The first-order chi connectivity index (χ1) is 8.17. The van der Waals surface area contributed by atoms with Crippen LogP contribution in [0.1, 0.15) is 43.7 Å². The lowest BCUT2D eigenvalue weighted by atomic mass is 10.1. The third kappa shape index (κ3) is 2.22. The van der Waals surface area contributed by atoms with E-state index in [2.05, 4.69) is 51.2 Å². The Balaban J connectivity index is 2.49. The van der Waals surface area contributed by atoms with Gasteiger partial charge in [0.15, 0.2) is 0 Å². The van der Waals surface area contributed by atoms with E-state index in [1.165, 1.54) is 16.5 Å². The maximum Gasteiger partial charge on any atom is 0.134 e. The average molecular weight is 231 g/mol. The number of rotatable bonds is 4. The number of fused-ring (bicyclic) bond motifs is 1. The summed E-state index contributed by atoms with van der Waals surface area (Å²) in [5, 5.41) is 4.65. The maximum absolute atomic E-state index is 5.95. The third-order valence-electron chi connectivity index (χ3n) is 3.35. The molecule has 0 saturated carbocycles. The van der Waals surface area contributed by atoms with Gasteiger partial charge in [0.05, 0.1) is 6.04 Å². The molecule has 1 atom stereocenters. The van der Waals surface area contributed by atoms with Gasteiger partial charge in [0.2, 0.25) is 0 Å². The molecule has 0 fully saturated rings. The Kier molecular flexibility index (Phi) is 3.53. The third-order valence-corrected chi connectivity index (χ3v) is 3.35. The Hall–Kier alpha value is -1.28. The second-order valence-electron chi connectivity index (χ2n) is 4.55. The van der Waals surface area contributed by atoms with Crippen LogP contribution in [-0.4, -0.2) is 6.54 Å². The van der Waals surface area contributed by atoms with E-state index in [9.17, 15) is 0 Å². The Labute approximate surface area is 103 Å². The van der Waals surface area contributed by atoms with Crippen molar-refractivity contribution in [1.29, 1.82) is 0 Å². The molecule has 0 aliphatic rings. The molecule has 0 radical (unpaired) electrons. The van der Waals surface area contributed by atoms with Gasteiger partial charge in [-0.05, 0) is 50.1 Å². The molecule has 1 heterocycles. The van der Waals surface area contributed by atoms with Gasteiger partial charge in [-0.1, -0.05) is 19.9 Å². The van der Waals surface area contributed by atoms with Gasteiger partial charge in [0.1, 0.15) is 11.3 Å². The van der Waals surface area contributed by atoms with Gasteiger partial charge in [-0.25, -0.2) is 0 Å². The SMILES string of the molecule is CCNC(C)c1oc2ccc(CC)cc2c1C. The minimum atomic E-state index is 0.275. The first-order valence-electron chi connectivity index (χ1n) is 6.42. The van der Waals surface area contributed by atoms with Crippen LogP contribution in [0.4, 0.5) is 0 Å². The molecule has 0 aliphatic heterocycles.